The van der Waals surface area contributed by atoms with Crippen molar-refractivity contribution in [1.29, 1.82) is 0 Å². The molecule has 2 aromatic rings. The van der Waals surface area contributed by atoms with Gasteiger partial charge in [-0.25, -0.2) is 13.2 Å². The van der Waals surface area contributed by atoms with Gasteiger partial charge in [0, 0.05) is 4.83 Å². The lowest BCUT2D eigenvalue weighted by Gasteiger charge is -2.10. The number of rotatable bonds is 3. The molecule has 4 heteroatoms. The lowest BCUT2D eigenvalue weighted by atomic mass is 10.0. The second kappa shape index (κ2) is 5.57. The third-order valence-electron chi connectivity index (χ3n) is 2.61. The predicted molar refractivity (Wildman–Crippen MR) is 68.1 cm³/mol. The molecule has 0 fully saturated rings. The van der Waals surface area contributed by atoms with Gasteiger partial charge >= 0.3 is 0 Å². The number of alkyl halides is 1. The molecule has 2 aromatic carbocycles. The molecule has 0 heterocycles. The van der Waals surface area contributed by atoms with E-state index in [0.717, 1.165) is 17.7 Å². The molecular formula is C14H10BrF3. The molecule has 0 aliphatic carbocycles. The number of hydrogen-bond donors (Lipinski definition) is 0. The van der Waals surface area contributed by atoms with Crippen molar-refractivity contribution in [1.82, 2.24) is 0 Å². The molecule has 1 atom stereocenters. The van der Waals surface area contributed by atoms with Crippen molar-refractivity contribution in [3.8, 4) is 0 Å². The monoisotopic (exact) mass is 314 g/mol. The van der Waals surface area contributed by atoms with E-state index in [1.165, 1.54) is 18.2 Å². The fraction of sp³-hybridized carbons (Fsp3) is 0.143. The Morgan fingerprint density at radius 3 is 2.39 bits per heavy atom. The van der Waals surface area contributed by atoms with Crippen LogP contribution in [0.25, 0.3) is 0 Å². The van der Waals surface area contributed by atoms with Crippen LogP contribution in [0.5, 0.6) is 0 Å². The molecule has 1 unspecified atom stereocenters. The summed E-state index contributed by atoms with van der Waals surface area (Å²) in [5.41, 5.74) is 1.42. The minimum absolute atomic E-state index is 0.186. The molecule has 18 heavy (non-hydrogen) atoms. The molecule has 0 aliphatic rings. The Kier molecular flexibility index (Phi) is 4.07. The number of benzene rings is 2. The zero-order valence-electron chi connectivity index (χ0n) is 9.34. The Bertz CT molecular complexity index is 554. The van der Waals surface area contributed by atoms with Crippen molar-refractivity contribution >= 4 is 15.9 Å². The van der Waals surface area contributed by atoms with Crippen LogP contribution in [0, 0.1) is 17.5 Å². The highest BCUT2D eigenvalue weighted by Crippen LogP contribution is 2.28. The average Bonchev–Trinajstić information content (AvgIpc) is 2.32. The highest BCUT2D eigenvalue weighted by atomic mass is 79.9. The molecule has 0 nitrogen and oxygen atoms in total. The SMILES string of the molecule is Fc1cccc(CC(Br)c2ccc(F)c(F)c2)c1. The Labute approximate surface area is 112 Å². The van der Waals surface area contributed by atoms with Crippen molar-refractivity contribution in [2.75, 3.05) is 0 Å². The normalized spacial score (nSPS) is 12.4. The first-order valence-electron chi connectivity index (χ1n) is 5.40. The highest BCUT2D eigenvalue weighted by Gasteiger charge is 2.11. The molecule has 0 bridgehead atoms. The molecule has 0 amide bonds. The summed E-state index contributed by atoms with van der Waals surface area (Å²) in [5.74, 6) is -2.06. The Balaban J connectivity index is 2.16. The van der Waals surface area contributed by atoms with Gasteiger partial charge < -0.3 is 0 Å². The van der Waals surface area contributed by atoms with Crippen molar-refractivity contribution in [2.45, 2.75) is 11.2 Å². The van der Waals surface area contributed by atoms with Crippen LogP contribution in [0.15, 0.2) is 42.5 Å². The second-order valence-electron chi connectivity index (χ2n) is 3.98. The van der Waals surface area contributed by atoms with E-state index in [4.69, 9.17) is 0 Å². The van der Waals surface area contributed by atoms with Crippen molar-refractivity contribution < 1.29 is 13.2 Å². The largest absolute Gasteiger partial charge is 0.207 e. The van der Waals surface area contributed by atoms with Gasteiger partial charge in [0.25, 0.3) is 0 Å². The maximum atomic E-state index is 13.1. The van der Waals surface area contributed by atoms with E-state index in [0.29, 0.717) is 12.0 Å². The van der Waals surface area contributed by atoms with Gasteiger partial charge in [-0.05, 0) is 41.8 Å². The Morgan fingerprint density at radius 2 is 1.72 bits per heavy atom. The molecule has 0 spiro atoms. The molecule has 2 rings (SSSR count). The van der Waals surface area contributed by atoms with Gasteiger partial charge in [-0.3, -0.25) is 0 Å². The molecule has 0 radical (unpaired) electrons. The standard InChI is InChI=1S/C14H10BrF3/c15-12(7-9-2-1-3-11(16)6-9)10-4-5-13(17)14(18)8-10/h1-6,8,12H,7H2. The molecule has 0 aromatic heterocycles. The summed E-state index contributed by atoms with van der Waals surface area (Å²) in [6.07, 6.45) is 0.503. The topological polar surface area (TPSA) is 0 Å². The summed E-state index contributed by atoms with van der Waals surface area (Å²) in [6.45, 7) is 0. The summed E-state index contributed by atoms with van der Waals surface area (Å²) >= 11 is 3.39. The van der Waals surface area contributed by atoms with E-state index in [-0.39, 0.29) is 10.6 Å². The van der Waals surface area contributed by atoms with E-state index >= 15 is 0 Å². The first kappa shape index (κ1) is 13.1. The zero-order valence-corrected chi connectivity index (χ0v) is 10.9. The van der Waals surface area contributed by atoms with E-state index in [1.54, 1.807) is 12.1 Å². The van der Waals surface area contributed by atoms with Crippen LogP contribution in [-0.2, 0) is 6.42 Å². The van der Waals surface area contributed by atoms with Gasteiger partial charge in [-0.15, -0.1) is 0 Å². The lowest BCUT2D eigenvalue weighted by Crippen LogP contribution is -1.97. The first-order chi connectivity index (χ1) is 8.56. The summed E-state index contributed by atoms with van der Waals surface area (Å²) in [7, 11) is 0. The minimum Gasteiger partial charge on any atom is -0.207 e. The molecular weight excluding hydrogens is 305 g/mol. The van der Waals surface area contributed by atoms with E-state index in [2.05, 4.69) is 15.9 Å². The van der Waals surface area contributed by atoms with Crippen molar-refractivity contribution in [3.63, 3.8) is 0 Å². The van der Waals surface area contributed by atoms with Crippen LogP contribution in [-0.4, -0.2) is 0 Å². The van der Waals surface area contributed by atoms with Crippen LogP contribution >= 0.6 is 15.9 Å². The molecule has 0 saturated heterocycles. The highest BCUT2D eigenvalue weighted by molar-refractivity contribution is 9.09. The molecule has 0 N–H and O–H groups in total. The summed E-state index contributed by atoms with van der Waals surface area (Å²) < 4.78 is 38.9. The van der Waals surface area contributed by atoms with E-state index in [9.17, 15) is 13.2 Å². The summed E-state index contributed by atoms with van der Waals surface area (Å²) in [6, 6.07) is 9.95. The minimum atomic E-state index is -0.879. The number of hydrogen-bond acceptors (Lipinski definition) is 0. The van der Waals surface area contributed by atoms with Crippen LogP contribution in [0.3, 0.4) is 0 Å². The van der Waals surface area contributed by atoms with Gasteiger partial charge in [0.15, 0.2) is 11.6 Å². The van der Waals surface area contributed by atoms with Crippen LogP contribution in [0.4, 0.5) is 13.2 Å². The molecule has 0 aliphatic heterocycles. The third kappa shape index (κ3) is 3.13. The summed E-state index contributed by atoms with van der Waals surface area (Å²) in [4.78, 5) is -0.186. The smallest absolute Gasteiger partial charge is 0.159 e. The fourth-order valence-electron chi connectivity index (χ4n) is 1.70. The van der Waals surface area contributed by atoms with Gasteiger partial charge in [-0.2, -0.15) is 0 Å². The van der Waals surface area contributed by atoms with Crippen molar-refractivity contribution in [3.05, 3.63) is 71.0 Å². The predicted octanol–water partition coefficient (Wildman–Crippen LogP) is 4.78. The lowest BCUT2D eigenvalue weighted by molar-refractivity contribution is 0.507. The van der Waals surface area contributed by atoms with Crippen molar-refractivity contribution in [2.24, 2.45) is 0 Å². The average molecular weight is 315 g/mol. The Hall–Kier alpha value is -1.29. The quantitative estimate of drug-likeness (QED) is 0.715. The maximum absolute atomic E-state index is 13.1. The fourth-order valence-corrected chi connectivity index (χ4v) is 2.35. The molecule has 94 valence electrons. The van der Waals surface area contributed by atoms with Crippen LogP contribution in [0.2, 0.25) is 0 Å². The van der Waals surface area contributed by atoms with Gasteiger partial charge in [-0.1, -0.05) is 34.1 Å². The maximum Gasteiger partial charge on any atom is 0.159 e. The van der Waals surface area contributed by atoms with Gasteiger partial charge in [0.05, 0.1) is 0 Å². The van der Waals surface area contributed by atoms with Gasteiger partial charge in [0.2, 0.25) is 0 Å². The van der Waals surface area contributed by atoms with E-state index in [1.807, 2.05) is 0 Å². The number of halogens is 4. The summed E-state index contributed by atoms with van der Waals surface area (Å²) in [5, 5.41) is 0. The first-order valence-corrected chi connectivity index (χ1v) is 6.31. The van der Waals surface area contributed by atoms with Gasteiger partial charge in [0.1, 0.15) is 5.82 Å². The zero-order chi connectivity index (χ0) is 13.1. The third-order valence-corrected chi connectivity index (χ3v) is 3.46. The van der Waals surface area contributed by atoms with E-state index < -0.39 is 11.6 Å². The second-order valence-corrected chi connectivity index (χ2v) is 5.08. The van der Waals surface area contributed by atoms with Crippen LogP contribution in [0.1, 0.15) is 16.0 Å². The molecule has 0 saturated carbocycles. The van der Waals surface area contributed by atoms with Crippen LogP contribution < -0.4 is 0 Å². The Morgan fingerprint density at radius 1 is 0.944 bits per heavy atom.